The van der Waals surface area contributed by atoms with Gasteiger partial charge in [-0.2, -0.15) is 0 Å². The molecule has 0 aromatic heterocycles. The SMILES string of the molecule is C1=CSC2(OCCO2)S1. The van der Waals surface area contributed by atoms with E-state index in [0.717, 1.165) is 13.2 Å². The van der Waals surface area contributed by atoms with Crippen molar-refractivity contribution in [3.8, 4) is 0 Å². The van der Waals surface area contributed by atoms with Gasteiger partial charge in [0.2, 0.25) is 0 Å². The predicted molar refractivity (Wildman–Crippen MR) is 39.0 cm³/mol. The Morgan fingerprint density at radius 3 is 2.22 bits per heavy atom. The molecule has 0 aromatic rings. The minimum atomic E-state index is -0.389. The Morgan fingerprint density at radius 1 is 1.11 bits per heavy atom. The largest absolute Gasteiger partial charge is 0.330 e. The zero-order chi connectivity index (χ0) is 6.16. The molecule has 50 valence electrons. The number of hydrogen-bond donors (Lipinski definition) is 0. The molecule has 2 heterocycles. The molecular formula is C5H6O2S2. The number of rotatable bonds is 0. The highest BCUT2D eigenvalue weighted by Crippen LogP contribution is 2.48. The maximum absolute atomic E-state index is 5.34. The van der Waals surface area contributed by atoms with Gasteiger partial charge in [-0.05, 0) is 10.8 Å². The average molecular weight is 162 g/mol. The summed E-state index contributed by atoms with van der Waals surface area (Å²) in [6.07, 6.45) is 0. The summed E-state index contributed by atoms with van der Waals surface area (Å²) >= 11 is 3.18. The number of hydrogen-bond acceptors (Lipinski definition) is 4. The third kappa shape index (κ3) is 1.00. The third-order valence-electron chi connectivity index (χ3n) is 1.12. The highest BCUT2D eigenvalue weighted by molar-refractivity contribution is 8.23. The van der Waals surface area contributed by atoms with Crippen molar-refractivity contribution in [2.75, 3.05) is 13.2 Å². The molecule has 2 nitrogen and oxygen atoms in total. The van der Waals surface area contributed by atoms with Crippen LogP contribution in [0.2, 0.25) is 0 Å². The summed E-state index contributed by atoms with van der Waals surface area (Å²) in [5.74, 6) is 0. The lowest BCUT2D eigenvalue weighted by atomic mass is 10.8. The van der Waals surface area contributed by atoms with Crippen LogP contribution >= 0.6 is 23.5 Å². The Bertz CT molecular complexity index is 130. The second kappa shape index (κ2) is 2.20. The summed E-state index contributed by atoms with van der Waals surface area (Å²) < 4.78 is 10.3. The molecular weight excluding hydrogens is 156 g/mol. The van der Waals surface area contributed by atoms with Crippen LogP contribution in [0.4, 0.5) is 0 Å². The first-order valence-electron chi connectivity index (χ1n) is 2.70. The minimum absolute atomic E-state index is 0.389. The average Bonchev–Trinajstić information content (AvgIpc) is 2.45. The number of thioether (sulfide) groups is 2. The van der Waals surface area contributed by atoms with Crippen LogP contribution in [0.1, 0.15) is 0 Å². The maximum Gasteiger partial charge on any atom is 0.277 e. The molecule has 4 heteroatoms. The van der Waals surface area contributed by atoms with E-state index in [1.54, 1.807) is 23.5 Å². The van der Waals surface area contributed by atoms with Crippen LogP contribution in [0.15, 0.2) is 10.8 Å². The van der Waals surface area contributed by atoms with E-state index in [4.69, 9.17) is 9.47 Å². The van der Waals surface area contributed by atoms with E-state index < -0.39 is 0 Å². The molecule has 0 N–H and O–H groups in total. The van der Waals surface area contributed by atoms with Gasteiger partial charge < -0.3 is 9.47 Å². The van der Waals surface area contributed by atoms with Gasteiger partial charge in [-0.25, -0.2) is 0 Å². The van der Waals surface area contributed by atoms with Crippen molar-refractivity contribution in [1.29, 1.82) is 0 Å². The van der Waals surface area contributed by atoms with E-state index in [1.165, 1.54) is 0 Å². The fourth-order valence-electron chi connectivity index (χ4n) is 0.761. The quantitative estimate of drug-likeness (QED) is 0.538. The molecule has 0 unspecified atom stereocenters. The Hall–Kier alpha value is 0.360. The zero-order valence-electron chi connectivity index (χ0n) is 4.70. The standard InChI is InChI=1S/C5H6O2S2/c1-2-7-5(6-1)8-3-4-9-5/h3-4H,1-2H2. The van der Waals surface area contributed by atoms with Crippen LogP contribution in [0.3, 0.4) is 0 Å². The van der Waals surface area contributed by atoms with E-state index in [2.05, 4.69) is 0 Å². The van der Waals surface area contributed by atoms with E-state index in [9.17, 15) is 0 Å². The molecule has 0 saturated carbocycles. The molecule has 9 heavy (non-hydrogen) atoms. The maximum atomic E-state index is 5.34. The van der Waals surface area contributed by atoms with Crippen LogP contribution < -0.4 is 0 Å². The van der Waals surface area contributed by atoms with Gasteiger partial charge >= 0.3 is 0 Å². The summed E-state index contributed by atoms with van der Waals surface area (Å²) in [4.78, 5) is 0. The van der Waals surface area contributed by atoms with Gasteiger partial charge in [-0.15, -0.1) is 0 Å². The first-order chi connectivity index (χ1) is 4.41. The van der Waals surface area contributed by atoms with Crippen molar-refractivity contribution in [1.82, 2.24) is 0 Å². The van der Waals surface area contributed by atoms with Crippen LogP contribution in [0.5, 0.6) is 0 Å². The molecule has 0 atom stereocenters. The van der Waals surface area contributed by atoms with Gasteiger partial charge in [0, 0.05) is 0 Å². The van der Waals surface area contributed by atoms with Crippen LogP contribution in [-0.2, 0) is 9.47 Å². The first-order valence-corrected chi connectivity index (χ1v) is 4.46. The molecule has 2 aliphatic heterocycles. The molecule has 0 bridgehead atoms. The fraction of sp³-hybridized carbons (Fsp3) is 0.600. The van der Waals surface area contributed by atoms with Gasteiger partial charge in [0.1, 0.15) is 0 Å². The Kier molecular flexibility index (Phi) is 1.49. The Balaban J connectivity index is 2.07. The number of ether oxygens (including phenoxy) is 2. The molecule has 2 rings (SSSR count). The monoisotopic (exact) mass is 162 g/mol. The van der Waals surface area contributed by atoms with Gasteiger partial charge in [0.05, 0.1) is 13.2 Å². The van der Waals surface area contributed by atoms with Gasteiger partial charge in [0.15, 0.2) is 0 Å². The second-order valence-corrected chi connectivity index (χ2v) is 4.05. The second-order valence-electron chi connectivity index (χ2n) is 1.70. The van der Waals surface area contributed by atoms with Gasteiger partial charge in [0.25, 0.3) is 4.45 Å². The van der Waals surface area contributed by atoms with E-state index in [1.807, 2.05) is 10.8 Å². The highest BCUT2D eigenvalue weighted by Gasteiger charge is 2.39. The normalized spacial score (nSPS) is 30.2. The van der Waals surface area contributed by atoms with Crippen molar-refractivity contribution in [3.63, 3.8) is 0 Å². The molecule has 1 spiro atoms. The summed E-state index contributed by atoms with van der Waals surface area (Å²) in [6.45, 7) is 1.45. The topological polar surface area (TPSA) is 18.5 Å². The zero-order valence-corrected chi connectivity index (χ0v) is 6.33. The van der Waals surface area contributed by atoms with Crippen LogP contribution in [0, 0.1) is 0 Å². The Morgan fingerprint density at radius 2 is 1.67 bits per heavy atom. The van der Waals surface area contributed by atoms with Crippen molar-refractivity contribution < 1.29 is 9.47 Å². The van der Waals surface area contributed by atoms with E-state index >= 15 is 0 Å². The van der Waals surface area contributed by atoms with Crippen molar-refractivity contribution in [2.45, 2.75) is 4.45 Å². The van der Waals surface area contributed by atoms with Gasteiger partial charge in [-0.1, -0.05) is 23.5 Å². The van der Waals surface area contributed by atoms with Crippen molar-refractivity contribution >= 4 is 23.5 Å². The van der Waals surface area contributed by atoms with Crippen molar-refractivity contribution in [2.24, 2.45) is 0 Å². The van der Waals surface area contributed by atoms with Crippen LogP contribution in [-0.4, -0.2) is 17.7 Å². The van der Waals surface area contributed by atoms with E-state index in [0.29, 0.717) is 0 Å². The summed E-state index contributed by atoms with van der Waals surface area (Å²) in [7, 11) is 0. The predicted octanol–water partition coefficient (Wildman–Crippen LogP) is 1.60. The first kappa shape index (κ1) is 6.09. The lowest BCUT2D eigenvalue weighted by Crippen LogP contribution is -2.16. The molecule has 2 aliphatic rings. The van der Waals surface area contributed by atoms with Gasteiger partial charge in [-0.3, -0.25) is 0 Å². The fourth-order valence-corrected chi connectivity index (χ4v) is 2.70. The minimum Gasteiger partial charge on any atom is -0.330 e. The summed E-state index contributed by atoms with van der Waals surface area (Å²) in [5, 5.41) is 3.99. The molecule has 0 aliphatic carbocycles. The molecule has 0 aromatic carbocycles. The lowest BCUT2D eigenvalue weighted by Gasteiger charge is -2.17. The Labute approximate surface area is 62.0 Å². The molecule has 0 amide bonds. The summed E-state index contributed by atoms with van der Waals surface area (Å²) in [6, 6.07) is 0. The lowest BCUT2D eigenvalue weighted by molar-refractivity contribution is 0.00454. The van der Waals surface area contributed by atoms with Crippen LogP contribution in [0.25, 0.3) is 0 Å². The summed E-state index contributed by atoms with van der Waals surface area (Å²) in [5.41, 5.74) is 0. The third-order valence-corrected chi connectivity index (χ3v) is 3.46. The molecule has 1 fully saturated rings. The van der Waals surface area contributed by atoms with Crippen molar-refractivity contribution in [3.05, 3.63) is 10.8 Å². The smallest absolute Gasteiger partial charge is 0.277 e. The van der Waals surface area contributed by atoms with E-state index in [-0.39, 0.29) is 4.45 Å². The highest BCUT2D eigenvalue weighted by atomic mass is 32.2. The molecule has 0 radical (unpaired) electrons. The molecule has 1 saturated heterocycles.